The van der Waals surface area contributed by atoms with Gasteiger partial charge in [0, 0.05) is 12.8 Å². The lowest BCUT2D eigenvalue weighted by atomic mass is 9.84. The first-order valence-electron chi connectivity index (χ1n) is 26.2. The zero-order chi connectivity index (χ0) is 52.3. The quantitative estimate of drug-likeness (QED) is 0.0313. The third kappa shape index (κ3) is 26.7. The Morgan fingerprint density at radius 3 is 0.614 bits per heavy atom. The van der Waals surface area contributed by atoms with Crippen LogP contribution in [0, 0.1) is 0 Å². The highest BCUT2D eigenvalue weighted by Gasteiger charge is 2.64. The van der Waals surface area contributed by atoms with Gasteiger partial charge in [-0.2, -0.15) is 0 Å². The van der Waals surface area contributed by atoms with Gasteiger partial charge < -0.3 is 9.47 Å². The molecule has 416 valence electrons. The van der Waals surface area contributed by atoms with Crippen LogP contribution < -0.4 is 0 Å². The molecule has 0 aromatic rings. The van der Waals surface area contributed by atoms with E-state index in [1.807, 2.05) is 55.4 Å². The minimum absolute atomic E-state index is 0.114. The number of ether oxygens (including phenoxy) is 2. The van der Waals surface area contributed by atoms with E-state index in [1.54, 1.807) is 13.8 Å². The lowest BCUT2D eigenvalue weighted by molar-refractivity contribution is -0.233. The van der Waals surface area contributed by atoms with E-state index < -0.39 is 79.9 Å². The molecule has 1 aliphatic rings. The van der Waals surface area contributed by atoms with Gasteiger partial charge in [0.2, 0.25) is 0 Å². The van der Waals surface area contributed by atoms with Crippen molar-refractivity contribution in [3.05, 3.63) is 0 Å². The van der Waals surface area contributed by atoms with E-state index in [-0.39, 0.29) is 65.7 Å². The van der Waals surface area contributed by atoms with Gasteiger partial charge in [0.1, 0.15) is 24.4 Å². The molecule has 24 heteroatoms. The molecule has 0 aromatic carbocycles. The predicted octanol–water partition coefficient (Wildman–Crippen LogP) is 13.9. The molecule has 0 saturated heterocycles. The topological polar surface area (TPSA) is 232 Å². The van der Waals surface area contributed by atoms with Crippen molar-refractivity contribution in [2.75, 3.05) is 52.9 Å². The SMILES string of the molecule is CCCCOP(=O)(OCCCC)OC1C(OC(=O)CCC)C(OC(=O)CCC)C(OP(=O)(OCCCC)OCCCC)C(OP(=O)(OCCCC)OCCCC)C1OP(=O)(OCCCC)OCCCC. The van der Waals surface area contributed by atoms with Crippen LogP contribution in [-0.4, -0.2) is 101 Å². The maximum absolute atomic E-state index is 15.2. The molecule has 6 atom stereocenters. The van der Waals surface area contributed by atoms with Gasteiger partial charge in [-0.1, -0.05) is 121 Å². The van der Waals surface area contributed by atoms with Gasteiger partial charge in [-0.3, -0.25) is 63.9 Å². The monoisotopic (exact) mass is 1090 g/mol. The zero-order valence-electron chi connectivity index (χ0n) is 44.2. The molecule has 0 bridgehead atoms. The first kappa shape index (κ1) is 67.4. The Morgan fingerprint density at radius 2 is 0.457 bits per heavy atom. The fourth-order valence-electron chi connectivity index (χ4n) is 6.25. The van der Waals surface area contributed by atoms with Crippen molar-refractivity contribution in [2.45, 2.75) is 234 Å². The molecule has 0 radical (unpaired) electrons. The highest BCUT2D eigenvalue weighted by atomic mass is 31.2. The van der Waals surface area contributed by atoms with Crippen molar-refractivity contribution in [1.82, 2.24) is 0 Å². The Balaban J connectivity index is 4.80. The smallest absolute Gasteiger partial charge is 0.455 e. The number of rotatable bonds is 46. The molecule has 0 spiro atoms. The molecule has 6 unspecified atom stereocenters. The number of carbonyl (C=O) groups excluding carboxylic acids is 2. The minimum Gasteiger partial charge on any atom is -0.455 e. The highest BCUT2D eigenvalue weighted by Crippen LogP contribution is 2.62. The summed E-state index contributed by atoms with van der Waals surface area (Å²) < 4.78 is 147. The molecule has 1 fully saturated rings. The van der Waals surface area contributed by atoms with E-state index in [4.69, 9.17) is 63.8 Å². The van der Waals surface area contributed by atoms with Crippen LogP contribution in [0.1, 0.15) is 198 Å². The third-order valence-corrected chi connectivity index (χ3v) is 16.4. The lowest BCUT2D eigenvalue weighted by Gasteiger charge is -2.49. The number of esters is 2. The molecule has 1 saturated carbocycles. The van der Waals surface area contributed by atoms with Crippen LogP contribution in [0.25, 0.3) is 0 Å². The lowest BCUT2D eigenvalue weighted by Crippen LogP contribution is -2.67. The minimum atomic E-state index is -4.85. The molecule has 0 aliphatic heterocycles. The molecule has 0 amide bonds. The van der Waals surface area contributed by atoms with Crippen molar-refractivity contribution < 1.29 is 91.6 Å². The molecular formula is C46H92O20P4. The fourth-order valence-corrected chi connectivity index (χ4v) is 12.0. The number of hydrogen-bond acceptors (Lipinski definition) is 20. The van der Waals surface area contributed by atoms with Gasteiger partial charge in [-0.05, 0) is 64.2 Å². The summed E-state index contributed by atoms with van der Waals surface area (Å²) in [4.78, 5) is 27.9. The second-order valence-corrected chi connectivity index (χ2v) is 23.5. The van der Waals surface area contributed by atoms with Gasteiger partial charge >= 0.3 is 43.2 Å². The summed E-state index contributed by atoms with van der Waals surface area (Å²) >= 11 is 0. The fraction of sp³-hybridized carbons (Fsp3) is 0.957. The number of hydrogen-bond donors (Lipinski definition) is 0. The van der Waals surface area contributed by atoms with Crippen LogP contribution in [0.2, 0.25) is 0 Å². The van der Waals surface area contributed by atoms with Crippen LogP contribution in [-0.2, 0) is 91.6 Å². The largest absolute Gasteiger partial charge is 0.475 e. The first-order valence-corrected chi connectivity index (χ1v) is 32.1. The molecule has 1 aliphatic carbocycles. The van der Waals surface area contributed by atoms with E-state index in [9.17, 15) is 9.59 Å². The van der Waals surface area contributed by atoms with Gasteiger partial charge in [0.05, 0.1) is 52.9 Å². The van der Waals surface area contributed by atoms with Crippen LogP contribution in [0.4, 0.5) is 0 Å². The van der Waals surface area contributed by atoms with Crippen LogP contribution in [0.5, 0.6) is 0 Å². The summed E-state index contributed by atoms with van der Waals surface area (Å²) in [6.45, 7) is 17.7. The first-order chi connectivity index (χ1) is 33.6. The highest BCUT2D eigenvalue weighted by molar-refractivity contribution is 7.49. The van der Waals surface area contributed by atoms with Crippen LogP contribution in [0.15, 0.2) is 0 Å². The van der Waals surface area contributed by atoms with Crippen molar-refractivity contribution in [2.24, 2.45) is 0 Å². The van der Waals surface area contributed by atoms with Gasteiger partial charge in [0.25, 0.3) is 0 Å². The Labute approximate surface area is 420 Å². The van der Waals surface area contributed by atoms with Gasteiger partial charge in [-0.15, -0.1) is 0 Å². The molecule has 0 aromatic heterocycles. The summed E-state index contributed by atoms with van der Waals surface area (Å²) in [7, 11) is -19.3. The molecular weight excluding hydrogens is 996 g/mol. The predicted molar refractivity (Wildman–Crippen MR) is 266 cm³/mol. The van der Waals surface area contributed by atoms with Crippen molar-refractivity contribution in [1.29, 1.82) is 0 Å². The van der Waals surface area contributed by atoms with E-state index in [1.165, 1.54) is 0 Å². The Bertz CT molecular complexity index is 1410. The maximum Gasteiger partial charge on any atom is 0.475 e. The van der Waals surface area contributed by atoms with Crippen molar-refractivity contribution in [3.8, 4) is 0 Å². The molecule has 70 heavy (non-hydrogen) atoms. The average Bonchev–Trinajstić information content (AvgIpc) is 3.31. The second kappa shape index (κ2) is 38.9. The van der Waals surface area contributed by atoms with E-state index >= 15 is 18.3 Å². The van der Waals surface area contributed by atoms with Gasteiger partial charge in [0.15, 0.2) is 12.2 Å². The summed E-state index contributed by atoms with van der Waals surface area (Å²) in [5, 5.41) is 0. The van der Waals surface area contributed by atoms with Crippen molar-refractivity contribution >= 4 is 43.2 Å². The maximum atomic E-state index is 15.2. The summed E-state index contributed by atoms with van der Waals surface area (Å²) in [5.74, 6) is -1.69. The van der Waals surface area contributed by atoms with Gasteiger partial charge in [-0.25, -0.2) is 18.3 Å². The van der Waals surface area contributed by atoms with E-state index in [0.29, 0.717) is 116 Å². The molecule has 0 N–H and O–H groups in total. The Kier molecular flexibility index (Phi) is 37.4. The van der Waals surface area contributed by atoms with E-state index in [2.05, 4.69) is 0 Å². The Morgan fingerprint density at radius 1 is 0.286 bits per heavy atom. The summed E-state index contributed by atoms with van der Waals surface area (Å²) in [6, 6.07) is 0. The number of unbranched alkanes of at least 4 members (excludes halogenated alkanes) is 8. The molecule has 0 heterocycles. The number of phosphoric acid groups is 4. The summed E-state index contributed by atoms with van der Waals surface area (Å²) in [6.07, 6.45) is -3.48. The zero-order valence-corrected chi connectivity index (χ0v) is 47.8. The van der Waals surface area contributed by atoms with Crippen LogP contribution in [0.3, 0.4) is 0 Å². The Hall–Kier alpha value is -0.620. The standard InChI is InChI=1S/C46H92O20P4/c1-11-21-31-53-67(49,54-32-22-12-2)63-43-41(61-39(47)29-19-9)42(62-40(48)30-20-10)44(64-68(50,55-33-23-13-3)56-34-24-14-4)46(66-70(52,59-37-27-17-7)60-38-28-18-8)45(43)65-69(51,57-35-25-15-5)58-36-26-16-6/h41-46H,11-38H2,1-10H3. The van der Waals surface area contributed by atoms with Crippen molar-refractivity contribution in [3.63, 3.8) is 0 Å². The van der Waals surface area contributed by atoms with E-state index in [0.717, 1.165) is 0 Å². The van der Waals surface area contributed by atoms with Crippen LogP contribution >= 0.6 is 31.3 Å². The molecule has 20 nitrogen and oxygen atoms in total. The summed E-state index contributed by atoms with van der Waals surface area (Å²) in [5.41, 5.74) is 0. The second-order valence-electron chi connectivity index (χ2n) is 17.0. The average molecular weight is 1090 g/mol. The normalized spacial score (nSPS) is 20.2. The molecule has 1 rings (SSSR count). The number of carbonyl (C=O) groups is 2. The third-order valence-electron chi connectivity index (χ3n) is 10.4. The number of phosphoric ester groups is 4.